The summed E-state index contributed by atoms with van der Waals surface area (Å²) in [6.45, 7) is -1.65. The number of nitrogens with one attached hydrogen (secondary N) is 2. The molecular weight excluding hydrogens is 538 g/mol. The van der Waals surface area contributed by atoms with Gasteiger partial charge in [0.25, 0.3) is 5.95 Å². The van der Waals surface area contributed by atoms with Gasteiger partial charge in [-0.25, -0.2) is 5.43 Å². The van der Waals surface area contributed by atoms with Crippen molar-refractivity contribution in [3.63, 3.8) is 0 Å². The average molecular weight is 551 g/mol. The van der Waals surface area contributed by atoms with Crippen LogP contribution in [0.5, 0.6) is 11.8 Å². The van der Waals surface area contributed by atoms with Crippen LogP contribution >= 0.6 is 15.9 Å². The summed E-state index contributed by atoms with van der Waals surface area (Å²) in [6, 6.07) is 10.9. The van der Waals surface area contributed by atoms with Gasteiger partial charge >= 0.3 is 18.5 Å². The summed E-state index contributed by atoms with van der Waals surface area (Å²) >= 11 is 3.31. The van der Waals surface area contributed by atoms with Gasteiger partial charge in [-0.3, -0.25) is 0 Å². The zero-order valence-corrected chi connectivity index (χ0v) is 18.2. The zero-order valence-electron chi connectivity index (χ0n) is 16.7. The van der Waals surface area contributed by atoms with Crippen LogP contribution in [0.3, 0.4) is 0 Å². The minimum Gasteiger partial charge on any atom is -0.454 e. The lowest BCUT2D eigenvalue weighted by molar-refractivity contribution is -0.274. The molecule has 0 fully saturated rings. The molecule has 0 bridgehead atoms. The number of aromatic nitrogens is 3. The molecule has 0 aliphatic rings. The van der Waals surface area contributed by atoms with Crippen LogP contribution in [0.2, 0.25) is 0 Å². The first-order valence-electron chi connectivity index (χ1n) is 9.08. The number of nitrogens with zero attached hydrogens (tertiary/aromatic N) is 4. The maximum atomic E-state index is 12.5. The molecule has 0 radical (unpaired) electrons. The average Bonchev–Trinajstić information content (AvgIpc) is 2.72. The van der Waals surface area contributed by atoms with E-state index in [0.29, 0.717) is 5.56 Å². The first-order valence-corrected chi connectivity index (χ1v) is 9.88. The zero-order chi connectivity index (χ0) is 24.8. The topological polar surface area (TPSA) is 93.5 Å². The highest BCUT2D eigenvalue weighted by Gasteiger charge is 2.31. The molecule has 3 aromatic rings. The second-order valence-electron chi connectivity index (χ2n) is 6.29. The van der Waals surface area contributed by atoms with Crippen molar-refractivity contribution in [2.75, 3.05) is 17.3 Å². The Morgan fingerprint density at radius 1 is 0.941 bits per heavy atom. The SMILES string of the molecule is FC(F)(F)COc1nc(N/N=C/c2cccc(Br)c2)nc(Nc2ccc(OC(F)(F)F)cc2)n1. The number of hydrazone groups is 1. The van der Waals surface area contributed by atoms with Crippen molar-refractivity contribution in [1.29, 1.82) is 0 Å². The summed E-state index contributed by atoms with van der Waals surface area (Å²) in [7, 11) is 0. The fraction of sp³-hybridized carbons (Fsp3) is 0.158. The standard InChI is InChI=1S/C19H13BrF6N6O2/c20-12-3-1-2-11(8-12)9-27-32-16-29-15(30-17(31-16)33-10-18(21,22)23)28-13-4-6-14(7-5-13)34-19(24,25)26/h1-9H,10H2,(H2,28,29,30,31,32)/b27-9+. The van der Waals surface area contributed by atoms with E-state index >= 15 is 0 Å². The second kappa shape index (κ2) is 10.5. The van der Waals surface area contributed by atoms with Gasteiger partial charge in [0.05, 0.1) is 6.21 Å². The van der Waals surface area contributed by atoms with Crippen LogP contribution in [0, 0.1) is 0 Å². The molecule has 0 atom stereocenters. The van der Waals surface area contributed by atoms with Crippen molar-refractivity contribution < 1.29 is 35.8 Å². The summed E-state index contributed by atoms with van der Waals surface area (Å²) < 4.78 is 83.6. The molecule has 0 amide bonds. The summed E-state index contributed by atoms with van der Waals surface area (Å²) in [4.78, 5) is 11.4. The van der Waals surface area contributed by atoms with Crippen LogP contribution < -0.4 is 20.2 Å². The van der Waals surface area contributed by atoms with Crippen LogP contribution in [0.25, 0.3) is 0 Å². The fourth-order valence-corrected chi connectivity index (χ4v) is 2.71. The van der Waals surface area contributed by atoms with E-state index in [0.717, 1.165) is 16.6 Å². The molecular formula is C19H13BrF6N6O2. The van der Waals surface area contributed by atoms with E-state index in [1.807, 2.05) is 0 Å². The predicted octanol–water partition coefficient (Wildman–Crippen LogP) is 5.66. The Labute approximate surface area is 196 Å². The summed E-state index contributed by atoms with van der Waals surface area (Å²) in [6.07, 6.45) is -8.08. The minimum absolute atomic E-state index is 0.214. The third kappa shape index (κ3) is 8.73. The number of halogens is 7. The Bertz CT molecular complexity index is 1140. The quantitative estimate of drug-likeness (QED) is 0.212. The maximum absolute atomic E-state index is 12.5. The van der Waals surface area contributed by atoms with E-state index < -0.39 is 30.9 Å². The molecule has 0 unspecified atom stereocenters. The molecule has 0 aliphatic heterocycles. The van der Waals surface area contributed by atoms with Gasteiger partial charge in [0.2, 0.25) is 5.95 Å². The monoisotopic (exact) mass is 550 g/mol. The number of hydrogen-bond donors (Lipinski definition) is 2. The fourth-order valence-electron chi connectivity index (χ4n) is 2.29. The molecule has 34 heavy (non-hydrogen) atoms. The number of hydrogen-bond acceptors (Lipinski definition) is 8. The van der Waals surface area contributed by atoms with Crippen molar-refractivity contribution in [2.24, 2.45) is 5.10 Å². The van der Waals surface area contributed by atoms with Crippen molar-refractivity contribution in [3.05, 3.63) is 58.6 Å². The van der Waals surface area contributed by atoms with Gasteiger partial charge in [-0.1, -0.05) is 28.1 Å². The molecule has 8 nitrogen and oxygen atoms in total. The van der Waals surface area contributed by atoms with Crippen LogP contribution in [0.15, 0.2) is 58.1 Å². The molecule has 0 saturated heterocycles. The van der Waals surface area contributed by atoms with Crippen LogP contribution in [-0.4, -0.2) is 40.3 Å². The molecule has 0 spiro atoms. The lowest BCUT2D eigenvalue weighted by atomic mass is 10.2. The first-order chi connectivity index (χ1) is 15.9. The Kier molecular flexibility index (Phi) is 7.75. The van der Waals surface area contributed by atoms with Crippen LogP contribution in [-0.2, 0) is 0 Å². The predicted molar refractivity (Wildman–Crippen MR) is 113 cm³/mol. The highest BCUT2D eigenvalue weighted by Crippen LogP contribution is 2.25. The molecule has 180 valence electrons. The minimum atomic E-state index is -4.86. The highest BCUT2D eigenvalue weighted by atomic mass is 79.9. The first kappa shape index (κ1) is 25.0. The molecule has 0 saturated carbocycles. The summed E-state index contributed by atoms with van der Waals surface area (Å²) in [5.41, 5.74) is 3.37. The Hall–Kier alpha value is -3.62. The van der Waals surface area contributed by atoms with E-state index in [-0.39, 0.29) is 17.6 Å². The Morgan fingerprint density at radius 3 is 2.29 bits per heavy atom. The Morgan fingerprint density at radius 2 is 1.65 bits per heavy atom. The van der Waals surface area contributed by atoms with Gasteiger partial charge in [0, 0.05) is 10.2 Å². The molecule has 2 N–H and O–H groups in total. The van der Waals surface area contributed by atoms with E-state index in [1.165, 1.54) is 18.3 Å². The number of ether oxygens (including phenoxy) is 2. The van der Waals surface area contributed by atoms with Crippen molar-refractivity contribution in [1.82, 2.24) is 15.0 Å². The summed E-state index contributed by atoms with van der Waals surface area (Å²) in [5, 5.41) is 6.55. The van der Waals surface area contributed by atoms with Gasteiger partial charge < -0.3 is 14.8 Å². The summed E-state index contributed by atoms with van der Waals surface area (Å²) in [5.74, 6) is -0.970. The molecule has 1 heterocycles. The van der Waals surface area contributed by atoms with E-state index in [2.05, 4.69) is 56.2 Å². The molecule has 2 aromatic carbocycles. The lowest BCUT2D eigenvalue weighted by Gasteiger charge is -2.12. The van der Waals surface area contributed by atoms with Gasteiger partial charge in [0.1, 0.15) is 5.75 Å². The molecule has 1 aromatic heterocycles. The van der Waals surface area contributed by atoms with Crippen molar-refractivity contribution in [2.45, 2.75) is 12.5 Å². The van der Waals surface area contributed by atoms with Gasteiger partial charge in [-0.05, 0) is 42.0 Å². The second-order valence-corrected chi connectivity index (χ2v) is 7.21. The van der Waals surface area contributed by atoms with E-state index in [4.69, 9.17) is 0 Å². The third-order valence-corrected chi connectivity index (χ3v) is 4.04. The third-order valence-electron chi connectivity index (χ3n) is 3.55. The molecule has 15 heteroatoms. The number of alkyl halides is 6. The normalized spacial score (nSPS) is 12.0. The van der Waals surface area contributed by atoms with Crippen LogP contribution in [0.1, 0.15) is 5.56 Å². The van der Waals surface area contributed by atoms with Gasteiger partial charge in [-0.15, -0.1) is 13.2 Å². The maximum Gasteiger partial charge on any atom is 0.573 e. The van der Waals surface area contributed by atoms with Gasteiger partial charge in [0.15, 0.2) is 6.61 Å². The van der Waals surface area contributed by atoms with E-state index in [1.54, 1.807) is 24.3 Å². The van der Waals surface area contributed by atoms with Gasteiger partial charge in [-0.2, -0.15) is 33.2 Å². The largest absolute Gasteiger partial charge is 0.573 e. The van der Waals surface area contributed by atoms with Crippen molar-refractivity contribution >= 4 is 39.7 Å². The van der Waals surface area contributed by atoms with Crippen molar-refractivity contribution in [3.8, 4) is 11.8 Å². The van der Waals surface area contributed by atoms with Crippen LogP contribution in [0.4, 0.5) is 43.9 Å². The number of anilines is 3. The highest BCUT2D eigenvalue weighted by molar-refractivity contribution is 9.10. The smallest absolute Gasteiger partial charge is 0.454 e. The molecule has 3 rings (SSSR count). The number of rotatable bonds is 8. The molecule has 0 aliphatic carbocycles. The van der Waals surface area contributed by atoms with E-state index in [9.17, 15) is 26.3 Å². The Balaban J connectivity index is 1.78. The lowest BCUT2D eigenvalue weighted by Crippen LogP contribution is -2.20. The number of benzene rings is 2.